The molecule has 3 aliphatic heterocycles. The number of hydrogen-bond donors (Lipinski definition) is 2. The molecule has 3 aliphatic rings. The van der Waals surface area contributed by atoms with E-state index in [1.54, 1.807) is 10.9 Å². The number of hydrogen-bond acceptors (Lipinski definition) is 12. The molecule has 1 fully saturated rings. The van der Waals surface area contributed by atoms with Gasteiger partial charge in [0.05, 0.1) is 48.6 Å². The van der Waals surface area contributed by atoms with Gasteiger partial charge in [0, 0.05) is 102 Å². The number of ether oxygens (including phenoxy) is 1. The van der Waals surface area contributed by atoms with Crippen molar-refractivity contribution in [1.29, 1.82) is 0 Å². The Labute approximate surface area is 325 Å². The molecule has 1 radical (unpaired) electrons. The van der Waals surface area contributed by atoms with Crippen LogP contribution in [0.25, 0.3) is 22.5 Å². The number of rotatable bonds is 8. The van der Waals surface area contributed by atoms with Gasteiger partial charge in [-0.1, -0.05) is 35.5 Å². The summed E-state index contributed by atoms with van der Waals surface area (Å²) >= 11 is 0. The van der Waals surface area contributed by atoms with Gasteiger partial charge in [0.1, 0.15) is 12.3 Å². The Morgan fingerprint density at radius 2 is 1.31 bits per heavy atom. The van der Waals surface area contributed by atoms with Gasteiger partial charge in [0.15, 0.2) is 0 Å². The zero-order valence-corrected chi connectivity index (χ0v) is 29.9. The molecule has 0 amide bonds. The molecule has 6 heterocycles. The SMILES string of the molecule is O=COCc1ccc(-c2cc3nc(c2)Cn2nncc2-c2cccc(n2)CN2CCN(CC(=O)O)CCN(CCN(CC(=O)O)CC2)C3)cc1.[Tm]. The van der Waals surface area contributed by atoms with Crippen molar-refractivity contribution in [3.05, 3.63) is 83.4 Å². The van der Waals surface area contributed by atoms with Crippen LogP contribution in [0.4, 0.5) is 0 Å². The van der Waals surface area contributed by atoms with E-state index in [-0.39, 0.29) is 56.6 Å². The first-order valence-electron chi connectivity index (χ1n) is 16.6. The fourth-order valence-electron chi connectivity index (χ4n) is 6.39. The maximum atomic E-state index is 11.9. The first kappa shape index (κ1) is 38.4. The summed E-state index contributed by atoms with van der Waals surface area (Å²) in [5, 5.41) is 28.1. The molecule has 7 rings (SSSR count). The zero-order valence-electron chi connectivity index (χ0n) is 28.1. The summed E-state index contributed by atoms with van der Waals surface area (Å²) in [5.41, 5.74) is 6.63. The van der Waals surface area contributed by atoms with Gasteiger partial charge in [-0.05, 0) is 41.0 Å². The van der Waals surface area contributed by atoms with Gasteiger partial charge in [-0.3, -0.25) is 39.0 Å². The fraction of sp³-hybridized carbons (Fsp3) is 0.400. The summed E-state index contributed by atoms with van der Waals surface area (Å²) in [6, 6.07) is 17.7. The predicted octanol–water partition coefficient (Wildman–Crippen LogP) is 1.53. The van der Waals surface area contributed by atoms with Gasteiger partial charge in [0.25, 0.3) is 6.47 Å². The Morgan fingerprint density at radius 3 is 1.90 bits per heavy atom. The molecular formula is C35H41N9O6Tm. The van der Waals surface area contributed by atoms with Crippen LogP contribution < -0.4 is 0 Å². The maximum absolute atomic E-state index is 11.9. The maximum Gasteiger partial charge on any atom is 0.317 e. The number of benzene rings is 1. The van der Waals surface area contributed by atoms with Crippen molar-refractivity contribution in [3.63, 3.8) is 0 Å². The van der Waals surface area contributed by atoms with E-state index >= 15 is 0 Å². The smallest absolute Gasteiger partial charge is 0.317 e. The van der Waals surface area contributed by atoms with E-state index in [4.69, 9.17) is 14.7 Å². The predicted molar refractivity (Wildman–Crippen MR) is 182 cm³/mol. The summed E-state index contributed by atoms with van der Waals surface area (Å²) in [6.45, 7) is 6.19. The molecule has 0 atom stereocenters. The monoisotopic (exact) mass is 852 g/mol. The van der Waals surface area contributed by atoms with Crippen LogP contribution in [0, 0.1) is 36.9 Å². The largest absolute Gasteiger partial charge is 0.480 e. The fourth-order valence-corrected chi connectivity index (χ4v) is 6.39. The molecule has 16 heteroatoms. The Kier molecular flexibility index (Phi) is 14.0. The molecule has 0 unspecified atom stereocenters. The molecule has 0 spiro atoms. The van der Waals surface area contributed by atoms with Crippen molar-refractivity contribution in [2.24, 2.45) is 0 Å². The van der Waals surface area contributed by atoms with Crippen molar-refractivity contribution in [2.45, 2.75) is 26.2 Å². The number of fused-ring (bicyclic) bond motifs is 8. The summed E-state index contributed by atoms with van der Waals surface area (Å²) < 4.78 is 6.72. The number of carboxylic acid groups (broad SMARTS) is 2. The number of carbonyl (C=O) groups excluding carboxylic acids is 1. The normalized spacial score (nSPS) is 18.8. The summed E-state index contributed by atoms with van der Waals surface area (Å²) in [7, 11) is 0. The van der Waals surface area contributed by atoms with Crippen molar-refractivity contribution in [2.75, 3.05) is 65.4 Å². The number of carboxylic acids is 2. The van der Waals surface area contributed by atoms with Crippen LogP contribution in [0.1, 0.15) is 22.6 Å². The van der Waals surface area contributed by atoms with E-state index in [2.05, 4.69) is 20.1 Å². The third kappa shape index (κ3) is 11.1. The van der Waals surface area contributed by atoms with E-state index < -0.39 is 11.9 Å². The molecule has 51 heavy (non-hydrogen) atoms. The van der Waals surface area contributed by atoms with E-state index in [9.17, 15) is 24.6 Å². The van der Waals surface area contributed by atoms with Crippen LogP contribution in [-0.2, 0) is 45.4 Å². The molecule has 0 saturated carbocycles. The minimum atomic E-state index is -0.882. The second-order valence-electron chi connectivity index (χ2n) is 12.6. The molecule has 2 N–H and O–H groups in total. The standard InChI is InChI=1S/C35H41N9O6.Tm/c45-25-50-24-26-4-6-27(7-5-26)28-16-30-20-41-10-14-42(22-34(46)47)12-8-40(9-13-43(15-11-41)23-35(48)49)19-29-2-1-3-32(38-29)33-18-36-39-44(33)21-31(17-28)37-30;/h1-7,16-18,25H,8-15,19-24H2,(H,46,47)(H,48,49);. The van der Waals surface area contributed by atoms with E-state index in [1.165, 1.54) is 0 Å². The molecule has 15 nitrogen and oxygen atoms in total. The van der Waals surface area contributed by atoms with Gasteiger partial charge < -0.3 is 14.9 Å². The first-order valence-corrected chi connectivity index (χ1v) is 16.6. The Balaban J connectivity index is 0.00000504. The van der Waals surface area contributed by atoms with Crippen LogP contribution in [-0.4, -0.2) is 139 Å². The zero-order chi connectivity index (χ0) is 34.9. The molecule has 1 saturated heterocycles. The van der Waals surface area contributed by atoms with Crippen LogP contribution in [0.15, 0.2) is 60.8 Å². The summed E-state index contributed by atoms with van der Waals surface area (Å²) in [5.74, 6) is -1.76. The van der Waals surface area contributed by atoms with Gasteiger partial charge in [-0.15, -0.1) is 5.10 Å². The number of carbonyl (C=O) groups is 3. The van der Waals surface area contributed by atoms with E-state index in [0.717, 1.165) is 39.5 Å². The first-order chi connectivity index (χ1) is 24.3. The van der Waals surface area contributed by atoms with Crippen LogP contribution >= 0.6 is 0 Å². The second-order valence-corrected chi connectivity index (χ2v) is 12.6. The minimum Gasteiger partial charge on any atom is -0.480 e. The number of nitrogens with zero attached hydrogens (tertiary/aromatic N) is 9. The second kappa shape index (κ2) is 18.6. The molecule has 4 aromatic rings. The topological polar surface area (TPSA) is 170 Å². The molecule has 0 aliphatic carbocycles. The van der Waals surface area contributed by atoms with Crippen LogP contribution in [0.5, 0.6) is 0 Å². The molecule has 1 aromatic carbocycles. The molecular weight excluding hydrogens is 811 g/mol. The van der Waals surface area contributed by atoms with Gasteiger partial charge in [-0.25, -0.2) is 9.67 Å². The van der Waals surface area contributed by atoms with Gasteiger partial charge >= 0.3 is 11.9 Å². The number of aromatic nitrogens is 5. The van der Waals surface area contributed by atoms with E-state index in [1.807, 2.05) is 64.4 Å². The minimum absolute atomic E-state index is 0. The Hall–Kier alpha value is -3.86. The quantitative estimate of drug-likeness (QED) is 0.245. The van der Waals surface area contributed by atoms with Crippen LogP contribution in [0.3, 0.4) is 0 Å². The third-order valence-corrected chi connectivity index (χ3v) is 8.95. The van der Waals surface area contributed by atoms with Crippen molar-refractivity contribution in [1.82, 2.24) is 44.6 Å². The molecule has 275 valence electrons. The Bertz CT molecular complexity index is 1760. The van der Waals surface area contributed by atoms with Crippen molar-refractivity contribution < 1.29 is 66.2 Å². The van der Waals surface area contributed by atoms with Gasteiger partial charge in [0.2, 0.25) is 0 Å². The number of aliphatic carboxylic acids is 2. The van der Waals surface area contributed by atoms with Gasteiger partial charge in [-0.2, -0.15) is 0 Å². The third-order valence-electron chi connectivity index (χ3n) is 8.95. The van der Waals surface area contributed by atoms with Crippen molar-refractivity contribution in [3.8, 4) is 22.5 Å². The van der Waals surface area contributed by atoms with Crippen LogP contribution in [0.2, 0.25) is 0 Å². The van der Waals surface area contributed by atoms with Crippen molar-refractivity contribution >= 4 is 18.4 Å². The summed E-state index contributed by atoms with van der Waals surface area (Å²) in [6.07, 6.45) is 1.70. The average Bonchev–Trinajstić information content (AvgIpc) is 3.56. The molecule has 6 bridgehead atoms. The van der Waals surface area contributed by atoms with E-state index in [0.29, 0.717) is 84.2 Å². The Morgan fingerprint density at radius 1 is 0.725 bits per heavy atom. The molecule has 3 aromatic heterocycles. The number of pyridine rings is 2. The summed E-state index contributed by atoms with van der Waals surface area (Å²) in [4.78, 5) is 52.9. The average molecular weight is 853 g/mol.